The molecule has 2 aliphatic carbocycles. The first-order chi connectivity index (χ1) is 18.8. The average Bonchev–Trinajstić information content (AvgIpc) is 2.85. The zero-order chi connectivity index (χ0) is 29.8. The van der Waals surface area contributed by atoms with E-state index >= 15 is 0 Å². The molecule has 217 valence electrons. The van der Waals surface area contributed by atoms with E-state index in [0.29, 0.717) is 10.8 Å². The maximum absolute atomic E-state index is 2.37. The van der Waals surface area contributed by atoms with Crippen molar-refractivity contribution in [3.63, 3.8) is 0 Å². The molecule has 0 nitrogen and oxygen atoms in total. The van der Waals surface area contributed by atoms with Crippen LogP contribution in [0.25, 0.3) is 0 Å². The van der Waals surface area contributed by atoms with Crippen LogP contribution in [0.3, 0.4) is 0 Å². The molecule has 0 fully saturated rings. The smallest absolute Gasteiger partial charge is 0 e. The van der Waals surface area contributed by atoms with Gasteiger partial charge in [0.05, 0.1) is 0 Å². The molecular weight excluding hydrogens is 503 g/mol. The molecule has 41 heavy (non-hydrogen) atoms. The van der Waals surface area contributed by atoms with Crippen molar-refractivity contribution in [1.29, 1.82) is 0 Å². The van der Waals surface area contributed by atoms with E-state index in [1.165, 1.54) is 72.0 Å². The molecule has 0 amide bonds. The Bertz CT molecular complexity index is 1120. The Morgan fingerprint density at radius 1 is 0.512 bits per heavy atom. The first-order valence-electron chi connectivity index (χ1n) is 15.3. The van der Waals surface area contributed by atoms with E-state index in [1.807, 2.05) is 0 Å². The van der Waals surface area contributed by atoms with Crippen molar-refractivity contribution in [3.8, 4) is 0 Å². The Balaban J connectivity index is 0.00000840. The zero-order valence-electron chi connectivity index (χ0n) is 28.3. The normalized spacial score (nSPS) is 21.4. The van der Waals surface area contributed by atoms with Crippen LogP contribution in [0.1, 0.15) is 108 Å². The van der Waals surface area contributed by atoms with Gasteiger partial charge in [-0.05, 0) is 102 Å². The maximum atomic E-state index is 2.37. The summed E-state index contributed by atoms with van der Waals surface area (Å²) in [5.41, 5.74) is 11.7. The van der Waals surface area contributed by atoms with E-state index < -0.39 is 0 Å². The van der Waals surface area contributed by atoms with Gasteiger partial charge in [-0.1, -0.05) is 146 Å². The molecule has 2 aliphatic rings. The zero-order valence-corrected chi connectivity index (χ0v) is 30.3. The van der Waals surface area contributed by atoms with Gasteiger partial charge in [-0.25, -0.2) is 0 Å². The molecule has 0 N–H and O–H groups in total. The first kappa shape index (κ1) is 37.2. The van der Waals surface area contributed by atoms with Crippen molar-refractivity contribution >= 4 is 29.6 Å². The molecule has 0 saturated heterocycles. The van der Waals surface area contributed by atoms with Gasteiger partial charge in [0.25, 0.3) is 0 Å². The Kier molecular flexibility index (Phi) is 16.3. The predicted molar refractivity (Wildman–Crippen MR) is 187 cm³/mol. The summed E-state index contributed by atoms with van der Waals surface area (Å²) in [6, 6.07) is 0. The van der Waals surface area contributed by atoms with Crippen LogP contribution < -0.4 is 0 Å². The Morgan fingerprint density at radius 3 is 1.17 bits per heavy atom. The van der Waals surface area contributed by atoms with Gasteiger partial charge < -0.3 is 0 Å². The van der Waals surface area contributed by atoms with Crippen molar-refractivity contribution in [3.05, 3.63) is 130 Å². The number of hydrogen-bond donors (Lipinski definition) is 0. The molecule has 2 rings (SSSR count). The van der Waals surface area contributed by atoms with Gasteiger partial charge in [0.2, 0.25) is 0 Å². The van der Waals surface area contributed by atoms with Gasteiger partial charge in [-0.15, -0.1) is 0 Å². The van der Waals surface area contributed by atoms with Gasteiger partial charge in [-0.2, -0.15) is 0 Å². The third kappa shape index (κ3) is 13.3. The fourth-order valence-corrected chi connectivity index (χ4v) is 5.79. The summed E-state index contributed by atoms with van der Waals surface area (Å²) in [5.74, 6) is 0. The summed E-state index contributed by atoms with van der Waals surface area (Å²) in [5, 5.41) is 0. The largest absolute Gasteiger partial charge is 0.0696 e. The molecule has 1 heteroatoms. The molecule has 0 unspecified atom stereocenters. The van der Waals surface area contributed by atoms with Crippen LogP contribution in [0.2, 0.25) is 0 Å². The molecule has 0 heterocycles. The summed E-state index contributed by atoms with van der Waals surface area (Å²) >= 11 is 0. The standard InChI is InChI=1S/C40H56.Na/c1-31(19-13-21-33(3)25-27-37-35(5)23-15-29-39(37,7)8)17-11-12-18-32(2)20-14-22-34(4)26-28-38-36(6)24-16-30-40(38,9)10;/h11-14,17-22,25-28H,15-16,23-24,29-30H2,1-10H3;/b12-11+,19-13+,20-14+,27-25+,28-26+,31-17+,32-18+,33-21+,34-22+;. The minimum absolute atomic E-state index is 0. The van der Waals surface area contributed by atoms with E-state index in [9.17, 15) is 0 Å². The molecule has 0 saturated carbocycles. The third-order valence-corrected chi connectivity index (χ3v) is 8.38. The quantitative estimate of drug-likeness (QED) is 0.184. The Morgan fingerprint density at radius 2 is 0.829 bits per heavy atom. The summed E-state index contributed by atoms with van der Waals surface area (Å²) in [6.07, 6.45) is 38.4. The van der Waals surface area contributed by atoms with E-state index in [2.05, 4.69) is 154 Å². The fourth-order valence-electron chi connectivity index (χ4n) is 5.79. The van der Waals surface area contributed by atoms with Crippen LogP contribution in [0.5, 0.6) is 0 Å². The number of rotatable bonds is 10. The molecule has 1 radical (unpaired) electrons. The fraction of sp³-hybridized carbons (Fsp3) is 0.450. The molecule has 0 bridgehead atoms. The van der Waals surface area contributed by atoms with E-state index in [-0.39, 0.29) is 29.6 Å². The minimum atomic E-state index is 0. The van der Waals surface area contributed by atoms with Crippen molar-refractivity contribution in [2.24, 2.45) is 10.8 Å². The predicted octanol–water partition coefficient (Wildman–Crippen LogP) is 12.2. The van der Waals surface area contributed by atoms with E-state index in [4.69, 9.17) is 0 Å². The van der Waals surface area contributed by atoms with Gasteiger partial charge in [0.15, 0.2) is 0 Å². The second-order valence-electron chi connectivity index (χ2n) is 13.3. The van der Waals surface area contributed by atoms with Crippen LogP contribution in [-0.4, -0.2) is 29.6 Å². The van der Waals surface area contributed by atoms with Crippen LogP contribution in [0.4, 0.5) is 0 Å². The van der Waals surface area contributed by atoms with Gasteiger partial charge in [-0.3, -0.25) is 0 Å². The molecule has 0 aromatic rings. The first-order valence-corrected chi connectivity index (χ1v) is 15.3. The van der Waals surface area contributed by atoms with Gasteiger partial charge in [0, 0.05) is 29.6 Å². The summed E-state index contributed by atoms with van der Waals surface area (Å²) in [7, 11) is 0. The summed E-state index contributed by atoms with van der Waals surface area (Å²) < 4.78 is 0. The topological polar surface area (TPSA) is 0 Å². The minimum Gasteiger partial charge on any atom is -0.0696 e. The van der Waals surface area contributed by atoms with Crippen LogP contribution >= 0.6 is 0 Å². The number of hydrogen-bond acceptors (Lipinski definition) is 0. The molecular formula is C40H56Na. The van der Waals surface area contributed by atoms with Crippen molar-refractivity contribution in [2.45, 2.75) is 108 Å². The summed E-state index contributed by atoms with van der Waals surface area (Å²) in [6.45, 7) is 22.7. The van der Waals surface area contributed by atoms with Crippen molar-refractivity contribution in [2.75, 3.05) is 0 Å². The van der Waals surface area contributed by atoms with E-state index in [0.717, 1.165) is 0 Å². The monoisotopic (exact) mass is 559 g/mol. The second-order valence-corrected chi connectivity index (χ2v) is 13.3. The van der Waals surface area contributed by atoms with Crippen molar-refractivity contribution in [1.82, 2.24) is 0 Å². The average molecular weight is 560 g/mol. The molecule has 0 spiro atoms. The SMILES string of the molecule is CC1=C(/C=C/C(C)=C/C=C/C(C)=C/C=C/C=C(C)/C=C/C=C(C)/C=C/C2=C(C)CCCC2(C)C)C(C)(C)CCC1.[Na]. The molecule has 0 aliphatic heterocycles. The number of allylic oxidation sites excluding steroid dienone is 22. The van der Waals surface area contributed by atoms with Crippen LogP contribution in [-0.2, 0) is 0 Å². The van der Waals surface area contributed by atoms with Crippen molar-refractivity contribution < 1.29 is 0 Å². The molecule has 0 aromatic heterocycles. The Labute approximate surface area is 276 Å². The molecule has 0 atom stereocenters. The van der Waals surface area contributed by atoms with Gasteiger partial charge >= 0.3 is 0 Å². The maximum Gasteiger partial charge on any atom is 0 e. The summed E-state index contributed by atoms with van der Waals surface area (Å²) in [4.78, 5) is 0. The Hall–Kier alpha value is -1.86. The molecule has 0 aromatic carbocycles. The third-order valence-electron chi connectivity index (χ3n) is 8.38. The van der Waals surface area contributed by atoms with Crippen LogP contribution in [0, 0.1) is 10.8 Å². The van der Waals surface area contributed by atoms with Crippen LogP contribution in [0.15, 0.2) is 130 Å². The second kappa shape index (κ2) is 17.9. The van der Waals surface area contributed by atoms with Gasteiger partial charge in [0.1, 0.15) is 0 Å². The van der Waals surface area contributed by atoms with E-state index in [1.54, 1.807) is 11.1 Å².